The fourth-order valence-electron chi connectivity index (χ4n) is 2.09. The van der Waals surface area contributed by atoms with Gasteiger partial charge in [-0.3, -0.25) is 4.68 Å². The number of phenols is 1. The Morgan fingerprint density at radius 1 is 1.29 bits per heavy atom. The minimum atomic E-state index is -4.83. The van der Waals surface area contributed by atoms with E-state index < -0.39 is 17.9 Å². The largest absolute Gasteiger partial charge is 0.573 e. The van der Waals surface area contributed by atoms with Gasteiger partial charge >= 0.3 is 6.36 Å². The molecule has 3 rings (SSSR count). The van der Waals surface area contributed by atoms with Gasteiger partial charge < -0.3 is 9.84 Å². The maximum absolute atomic E-state index is 12.1. The van der Waals surface area contributed by atoms with Crippen LogP contribution in [0.5, 0.6) is 11.5 Å². The molecule has 0 atom stereocenters. The van der Waals surface area contributed by atoms with Crippen molar-refractivity contribution in [2.45, 2.75) is 25.7 Å². The van der Waals surface area contributed by atoms with Crippen molar-refractivity contribution in [3.05, 3.63) is 30.6 Å². The third-order valence-electron chi connectivity index (χ3n) is 3.29. The van der Waals surface area contributed by atoms with Gasteiger partial charge in [0.05, 0.1) is 6.20 Å². The molecule has 21 heavy (non-hydrogen) atoms. The third-order valence-corrected chi connectivity index (χ3v) is 3.29. The number of phenolic OH excluding ortho intramolecular Hbond substituents is 1. The molecule has 0 bridgehead atoms. The van der Waals surface area contributed by atoms with Gasteiger partial charge in [-0.05, 0) is 36.5 Å². The maximum atomic E-state index is 12.1. The average Bonchev–Trinajstić information content (AvgIpc) is 3.06. The van der Waals surface area contributed by atoms with Crippen molar-refractivity contribution in [1.29, 1.82) is 0 Å². The molecular weight excluding hydrogens is 285 g/mol. The normalized spacial score (nSPS) is 15.2. The SMILES string of the molecule is Oc1cc(-c2cnn(CC3CC3)c2)ccc1OC(F)(F)F. The van der Waals surface area contributed by atoms with Crippen LogP contribution in [-0.4, -0.2) is 21.2 Å². The van der Waals surface area contributed by atoms with Crippen molar-refractivity contribution in [1.82, 2.24) is 9.78 Å². The monoisotopic (exact) mass is 298 g/mol. The van der Waals surface area contributed by atoms with Crippen LogP contribution in [0, 0.1) is 5.92 Å². The fraction of sp³-hybridized carbons (Fsp3) is 0.357. The Bertz CT molecular complexity index is 648. The Hall–Kier alpha value is -2.18. The Balaban J connectivity index is 1.79. The zero-order valence-electron chi connectivity index (χ0n) is 11.0. The van der Waals surface area contributed by atoms with Crippen LogP contribution in [0.1, 0.15) is 12.8 Å². The summed E-state index contributed by atoms with van der Waals surface area (Å²) in [7, 11) is 0. The number of halogens is 3. The molecule has 1 heterocycles. The number of alkyl halides is 3. The number of aromatic hydroxyl groups is 1. The minimum absolute atomic E-state index is 0.556. The molecule has 1 fully saturated rings. The van der Waals surface area contributed by atoms with Gasteiger partial charge in [-0.25, -0.2) is 0 Å². The highest BCUT2D eigenvalue weighted by Gasteiger charge is 2.32. The number of nitrogens with zero attached hydrogens (tertiary/aromatic N) is 2. The third kappa shape index (κ3) is 3.48. The van der Waals surface area contributed by atoms with E-state index in [1.165, 1.54) is 25.0 Å². The predicted molar refractivity (Wildman–Crippen MR) is 68.7 cm³/mol. The summed E-state index contributed by atoms with van der Waals surface area (Å²) in [5.74, 6) is -0.495. The van der Waals surface area contributed by atoms with Gasteiger partial charge in [-0.15, -0.1) is 13.2 Å². The molecule has 0 amide bonds. The quantitative estimate of drug-likeness (QED) is 0.938. The van der Waals surface area contributed by atoms with E-state index in [4.69, 9.17) is 0 Å². The van der Waals surface area contributed by atoms with Crippen LogP contribution in [0.4, 0.5) is 13.2 Å². The Morgan fingerprint density at radius 3 is 2.67 bits per heavy atom. The lowest BCUT2D eigenvalue weighted by molar-refractivity contribution is -0.275. The van der Waals surface area contributed by atoms with Crippen molar-refractivity contribution >= 4 is 0 Å². The highest BCUT2D eigenvalue weighted by atomic mass is 19.4. The lowest BCUT2D eigenvalue weighted by atomic mass is 10.1. The van der Waals surface area contributed by atoms with Crippen molar-refractivity contribution in [2.24, 2.45) is 5.92 Å². The topological polar surface area (TPSA) is 47.3 Å². The first-order valence-corrected chi connectivity index (χ1v) is 6.52. The summed E-state index contributed by atoms with van der Waals surface area (Å²) >= 11 is 0. The highest BCUT2D eigenvalue weighted by Crippen LogP contribution is 2.35. The molecule has 7 heteroatoms. The lowest BCUT2D eigenvalue weighted by Crippen LogP contribution is -2.17. The van der Waals surface area contributed by atoms with E-state index in [-0.39, 0.29) is 0 Å². The molecule has 1 aliphatic carbocycles. The standard InChI is InChI=1S/C14H13F3N2O2/c15-14(16,17)21-13-4-3-10(5-12(13)20)11-6-18-19(8-11)7-9-1-2-9/h3-6,8-9,20H,1-2,7H2. The van der Waals surface area contributed by atoms with Gasteiger partial charge in [0.15, 0.2) is 11.5 Å². The van der Waals surface area contributed by atoms with Crippen molar-refractivity contribution in [2.75, 3.05) is 0 Å². The number of benzene rings is 1. The summed E-state index contributed by atoms with van der Waals surface area (Å²) in [4.78, 5) is 0. The van der Waals surface area contributed by atoms with E-state index in [1.54, 1.807) is 6.20 Å². The molecule has 1 aromatic heterocycles. The van der Waals surface area contributed by atoms with Gasteiger partial charge in [0, 0.05) is 18.3 Å². The molecule has 2 aromatic rings. The smallest absolute Gasteiger partial charge is 0.504 e. The summed E-state index contributed by atoms with van der Waals surface area (Å²) in [5, 5.41) is 13.8. The zero-order valence-corrected chi connectivity index (χ0v) is 11.0. The molecule has 1 N–H and O–H groups in total. The van der Waals surface area contributed by atoms with Crippen molar-refractivity contribution < 1.29 is 23.0 Å². The highest BCUT2D eigenvalue weighted by molar-refractivity contribution is 5.65. The van der Waals surface area contributed by atoms with Gasteiger partial charge in [-0.1, -0.05) is 6.07 Å². The first kappa shape index (κ1) is 13.8. The van der Waals surface area contributed by atoms with Crippen LogP contribution in [0.25, 0.3) is 11.1 Å². The first-order valence-electron chi connectivity index (χ1n) is 6.52. The molecule has 1 aliphatic rings. The van der Waals surface area contributed by atoms with Crippen LogP contribution in [0.2, 0.25) is 0 Å². The zero-order chi connectivity index (χ0) is 15.0. The Labute approximate surface area is 118 Å². The maximum Gasteiger partial charge on any atom is 0.573 e. The van der Waals surface area contributed by atoms with Crippen molar-refractivity contribution in [3.8, 4) is 22.6 Å². The number of hydrogen-bond donors (Lipinski definition) is 1. The number of aromatic nitrogens is 2. The Morgan fingerprint density at radius 2 is 2.05 bits per heavy atom. The average molecular weight is 298 g/mol. The van der Waals surface area contributed by atoms with Gasteiger partial charge in [0.2, 0.25) is 0 Å². The number of hydrogen-bond acceptors (Lipinski definition) is 3. The fourth-order valence-corrected chi connectivity index (χ4v) is 2.09. The summed E-state index contributed by atoms with van der Waals surface area (Å²) in [6, 6.07) is 3.79. The molecule has 112 valence electrons. The first-order chi connectivity index (χ1) is 9.90. The van der Waals surface area contributed by atoms with Crippen LogP contribution in [0.3, 0.4) is 0 Å². The van der Waals surface area contributed by atoms with E-state index in [1.807, 2.05) is 10.9 Å². The summed E-state index contributed by atoms with van der Waals surface area (Å²) in [6.45, 7) is 0.848. The van der Waals surface area contributed by atoms with E-state index in [2.05, 4.69) is 9.84 Å². The second-order valence-corrected chi connectivity index (χ2v) is 5.12. The molecule has 1 aromatic carbocycles. The van der Waals surface area contributed by atoms with Crippen LogP contribution >= 0.6 is 0 Å². The summed E-state index contributed by atoms with van der Waals surface area (Å²) in [5.41, 5.74) is 1.33. The molecule has 1 saturated carbocycles. The Kier molecular flexibility index (Phi) is 3.27. The second kappa shape index (κ2) is 4.98. The van der Waals surface area contributed by atoms with Crippen molar-refractivity contribution in [3.63, 3.8) is 0 Å². The van der Waals surface area contributed by atoms with Crippen LogP contribution < -0.4 is 4.74 Å². The minimum Gasteiger partial charge on any atom is -0.504 e. The van der Waals surface area contributed by atoms with Crippen LogP contribution in [-0.2, 0) is 6.54 Å². The molecule has 0 saturated heterocycles. The predicted octanol–water partition coefficient (Wildman–Crippen LogP) is 3.56. The lowest BCUT2D eigenvalue weighted by Gasteiger charge is -2.10. The van der Waals surface area contributed by atoms with Gasteiger partial charge in [-0.2, -0.15) is 5.10 Å². The second-order valence-electron chi connectivity index (χ2n) is 5.12. The van der Waals surface area contributed by atoms with E-state index in [9.17, 15) is 18.3 Å². The number of rotatable bonds is 4. The van der Waals surface area contributed by atoms with E-state index in [0.717, 1.165) is 18.2 Å². The molecule has 0 unspecified atom stereocenters. The molecule has 0 aliphatic heterocycles. The summed E-state index contributed by atoms with van der Waals surface area (Å²) in [6.07, 6.45) is 1.03. The van der Waals surface area contributed by atoms with Gasteiger partial charge in [0.25, 0.3) is 0 Å². The summed E-state index contributed by atoms with van der Waals surface area (Å²) < 4.78 is 41.9. The molecular formula is C14H13F3N2O2. The number of ether oxygens (including phenoxy) is 1. The van der Waals surface area contributed by atoms with Crippen LogP contribution in [0.15, 0.2) is 30.6 Å². The van der Waals surface area contributed by atoms with E-state index >= 15 is 0 Å². The molecule has 0 spiro atoms. The van der Waals surface area contributed by atoms with E-state index in [0.29, 0.717) is 11.5 Å². The molecule has 4 nitrogen and oxygen atoms in total. The van der Waals surface area contributed by atoms with Gasteiger partial charge in [0.1, 0.15) is 0 Å². The molecule has 0 radical (unpaired) electrons.